The summed E-state index contributed by atoms with van der Waals surface area (Å²) in [4.78, 5) is 15.2. The van der Waals surface area contributed by atoms with Gasteiger partial charge in [-0.3, -0.25) is 15.0 Å². The van der Waals surface area contributed by atoms with Gasteiger partial charge >= 0.3 is 0 Å². The maximum Gasteiger partial charge on any atom is 0.269 e. The van der Waals surface area contributed by atoms with Gasteiger partial charge in [0.25, 0.3) is 5.69 Å². The van der Waals surface area contributed by atoms with Crippen molar-refractivity contribution in [3.63, 3.8) is 0 Å². The third kappa shape index (κ3) is 4.17. The first-order chi connectivity index (χ1) is 15.6. The van der Waals surface area contributed by atoms with Crippen LogP contribution in [0.2, 0.25) is 0 Å². The van der Waals surface area contributed by atoms with Gasteiger partial charge in [0.1, 0.15) is 0 Å². The van der Waals surface area contributed by atoms with Crippen molar-refractivity contribution in [2.75, 3.05) is 31.1 Å². The molecule has 1 aromatic heterocycles. The van der Waals surface area contributed by atoms with Gasteiger partial charge in [0.2, 0.25) is 0 Å². The minimum atomic E-state index is -0.361. The van der Waals surface area contributed by atoms with Crippen molar-refractivity contribution in [3.05, 3.63) is 64.3 Å². The van der Waals surface area contributed by atoms with Gasteiger partial charge in [-0.15, -0.1) is 0 Å². The zero-order valence-electron chi connectivity index (χ0n) is 18.3. The van der Waals surface area contributed by atoms with Crippen molar-refractivity contribution < 1.29 is 10.0 Å². The number of piperazine rings is 1. The lowest BCUT2D eigenvalue weighted by Gasteiger charge is -2.36. The lowest BCUT2D eigenvalue weighted by atomic mass is 9.95. The van der Waals surface area contributed by atoms with Crippen LogP contribution in [0.5, 0.6) is 5.88 Å². The zero-order valence-corrected chi connectivity index (χ0v) is 18.3. The number of anilines is 1. The summed E-state index contributed by atoms with van der Waals surface area (Å²) in [7, 11) is 0. The van der Waals surface area contributed by atoms with E-state index in [0.29, 0.717) is 11.9 Å². The summed E-state index contributed by atoms with van der Waals surface area (Å²) in [6.07, 6.45) is 8.21. The monoisotopic (exact) mass is 434 g/mol. The number of benzene rings is 2. The van der Waals surface area contributed by atoms with Crippen molar-refractivity contribution in [3.8, 4) is 5.88 Å². The molecule has 0 atom stereocenters. The van der Waals surface area contributed by atoms with Crippen LogP contribution in [0.25, 0.3) is 10.8 Å². The highest BCUT2D eigenvalue weighted by atomic mass is 16.6. The summed E-state index contributed by atoms with van der Waals surface area (Å²) in [6.45, 7) is 4.51. The van der Waals surface area contributed by atoms with Crippen LogP contribution in [0.15, 0.2) is 48.7 Å². The van der Waals surface area contributed by atoms with E-state index in [4.69, 9.17) is 0 Å². The normalized spacial score (nSPS) is 18.3. The fourth-order valence-corrected chi connectivity index (χ4v) is 5.18. The Balaban J connectivity index is 1.24. The van der Waals surface area contributed by atoms with E-state index < -0.39 is 0 Å². The molecule has 5 rings (SSSR count). The largest absolute Gasteiger partial charge is 0.494 e. The van der Waals surface area contributed by atoms with Crippen LogP contribution in [0.4, 0.5) is 11.4 Å². The molecule has 1 N–H and O–H groups in total. The molecule has 1 saturated carbocycles. The topological polar surface area (TPSA) is 74.8 Å². The fourth-order valence-electron chi connectivity index (χ4n) is 5.18. The molecule has 3 aromatic rings. The highest BCUT2D eigenvalue weighted by Gasteiger charge is 2.22. The molecule has 0 amide bonds. The second-order valence-corrected chi connectivity index (χ2v) is 9.11. The van der Waals surface area contributed by atoms with Gasteiger partial charge in [0.15, 0.2) is 5.88 Å². The van der Waals surface area contributed by atoms with Gasteiger partial charge in [0.05, 0.1) is 4.92 Å². The number of hydrogen-bond donors (Lipinski definition) is 1. The van der Waals surface area contributed by atoms with Crippen molar-refractivity contribution in [2.24, 2.45) is 0 Å². The summed E-state index contributed by atoms with van der Waals surface area (Å²) < 4.78 is 2.09. The van der Waals surface area contributed by atoms with Crippen molar-refractivity contribution in [1.29, 1.82) is 0 Å². The average molecular weight is 435 g/mol. The van der Waals surface area contributed by atoms with E-state index in [2.05, 4.69) is 38.8 Å². The SMILES string of the molecule is O=[N+]([O-])c1ccc(CN2CCN(c3ccc4cn(C5CCCCC5)c(O)c4c3)CC2)cc1. The first-order valence-corrected chi connectivity index (χ1v) is 11.6. The summed E-state index contributed by atoms with van der Waals surface area (Å²) in [5.41, 5.74) is 2.39. The number of nitrogens with zero attached hydrogens (tertiary/aromatic N) is 4. The lowest BCUT2D eigenvalue weighted by molar-refractivity contribution is -0.384. The Morgan fingerprint density at radius 3 is 2.38 bits per heavy atom. The molecule has 2 aliphatic rings. The number of fused-ring (bicyclic) bond motifs is 1. The molecular weight excluding hydrogens is 404 g/mol. The van der Waals surface area contributed by atoms with Crippen LogP contribution < -0.4 is 4.90 Å². The Labute approximate surface area is 188 Å². The Kier molecular flexibility index (Phi) is 5.74. The first kappa shape index (κ1) is 20.8. The number of non-ortho nitro benzene ring substituents is 1. The highest BCUT2D eigenvalue weighted by Crippen LogP contribution is 2.38. The number of aromatic nitrogens is 1. The molecule has 1 aliphatic carbocycles. The van der Waals surface area contributed by atoms with E-state index in [0.717, 1.165) is 67.6 Å². The maximum absolute atomic E-state index is 10.9. The van der Waals surface area contributed by atoms with Crippen LogP contribution in [0.1, 0.15) is 43.7 Å². The molecule has 2 fully saturated rings. The van der Waals surface area contributed by atoms with E-state index >= 15 is 0 Å². The van der Waals surface area contributed by atoms with Crippen molar-refractivity contribution in [2.45, 2.75) is 44.7 Å². The van der Waals surface area contributed by atoms with E-state index in [1.807, 2.05) is 12.1 Å². The molecule has 2 aromatic carbocycles. The predicted octanol–water partition coefficient (Wildman–Crippen LogP) is 5.08. The van der Waals surface area contributed by atoms with Crippen LogP contribution in [-0.2, 0) is 6.54 Å². The first-order valence-electron chi connectivity index (χ1n) is 11.6. The fraction of sp³-hybridized carbons (Fsp3) is 0.440. The Morgan fingerprint density at radius 1 is 0.969 bits per heavy atom. The van der Waals surface area contributed by atoms with Gasteiger partial charge in [0, 0.05) is 73.6 Å². The molecule has 1 aliphatic heterocycles. The van der Waals surface area contributed by atoms with Gasteiger partial charge in [-0.25, -0.2) is 0 Å². The Hall–Kier alpha value is -3.06. The molecular formula is C25H30N4O3. The molecule has 32 heavy (non-hydrogen) atoms. The summed E-state index contributed by atoms with van der Waals surface area (Å²) >= 11 is 0. The van der Waals surface area contributed by atoms with Crippen molar-refractivity contribution >= 4 is 22.1 Å². The third-order valence-electron chi connectivity index (χ3n) is 7.06. The van der Waals surface area contributed by atoms with E-state index in [9.17, 15) is 15.2 Å². The minimum Gasteiger partial charge on any atom is -0.494 e. The van der Waals surface area contributed by atoms with E-state index in [-0.39, 0.29) is 10.6 Å². The number of aromatic hydroxyl groups is 1. The number of hydrogen-bond acceptors (Lipinski definition) is 5. The number of nitro groups is 1. The van der Waals surface area contributed by atoms with Gasteiger partial charge in [-0.2, -0.15) is 0 Å². The van der Waals surface area contributed by atoms with Crippen LogP contribution in [0, 0.1) is 10.1 Å². The van der Waals surface area contributed by atoms with Crippen LogP contribution in [-0.4, -0.2) is 45.7 Å². The number of nitro benzene ring substituents is 1. The predicted molar refractivity (Wildman–Crippen MR) is 126 cm³/mol. The Morgan fingerprint density at radius 2 is 1.69 bits per heavy atom. The second-order valence-electron chi connectivity index (χ2n) is 9.11. The zero-order chi connectivity index (χ0) is 22.1. The Bertz CT molecular complexity index is 1090. The standard InChI is InChI=1S/C25H30N4O3/c30-25-24-16-23(11-8-20(24)18-28(25)21-4-2-1-3-5-21)27-14-12-26(13-15-27)17-19-6-9-22(10-7-19)29(31)32/h6-11,16,18,21,30H,1-5,12-15,17H2. The summed E-state index contributed by atoms with van der Waals surface area (Å²) in [5, 5.41) is 23.8. The quantitative estimate of drug-likeness (QED) is 0.448. The third-order valence-corrected chi connectivity index (χ3v) is 7.06. The van der Waals surface area contributed by atoms with Gasteiger partial charge in [-0.05, 0) is 30.5 Å². The summed E-state index contributed by atoms with van der Waals surface area (Å²) in [5.74, 6) is 0.408. The van der Waals surface area contributed by atoms with Gasteiger partial charge < -0.3 is 14.6 Å². The maximum atomic E-state index is 10.9. The van der Waals surface area contributed by atoms with E-state index in [1.54, 1.807) is 12.1 Å². The van der Waals surface area contributed by atoms with Gasteiger partial charge in [-0.1, -0.05) is 37.5 Å². The molecule has 0 radical (unpaired) electrons. The lowest BCUT2D eigenvalue weighted by Crippen LogP contribution is -2.45. The molecule has 2 heterocycles. The molecule has 0 spiro atoms. The van der Waals surface area contributed by atoms with Crippen molar-refractivity contribution in [1.82, 2.24) is 9.47 Å². The van der Waals surface area contributed by atoms with Crippen LogP contribution in [0.3, 0.4) is 0 Å². The molecule has 0 unspecified atom stereocenters. The number of rotatable bonds is 5. The molecule has 7 heteroatoms. The highest BCUT2D eigenvalue weighted by molar-refractivity contribution is 5.91. The average Bonchev–Trinajstić information content (AvgIpc) is 3.16. The van der Waals surface area contributed by atoms with E-state index in [1.165, 1.54) is 19.3 Å². The summed E-state index contributed by atoms with van der Waals surface area (Å²) in [6, 6.07) is 13.7. The second kappa shape index (κ2) is 8.82. The molecule has 1 saturated heterocycles. The molecule has 7 nitrogen and oxygen atoms in total. The molecule has 168 valence electrons. The molecule has 0 bridgehead atoms. The minimum absolute atomic E-state index is 0.134. The smallest absolute Gasteiger partial charge is 0.269 e. The van der Waals surface area contributed by atoms with Crippen LogP contribution >= 0.6 is 0 Å².